The second-order valence-corrected chi connectivity index (χ2v) is 7.35. The monoisotopic (exact) mass is 342 g/mol. The minimum atomic E-state index is -0.747. The molecule has 24 heavy (non-hydrogen) atoms. The van der Waals surface area contributed by atoms with Crippen molar-refractivity contribution in [2.24, 2.45) is 0 Å². The van der Waals surface area contributed by atoms with Crippen LogP contribution in [0, 0.1) is 0 Å². The smallest absolute Gasteiger partial charge is 0.245 e. The summed E-state index contributed by atoms with van der Waals surface area (Å²) in [5.74, 6) is 0.00676. The molecule has 3 rings (SSSR count). The van der Waals surface area contributed by atoms with Crippen LogP contribution in [0.1, 0.15) is 30.2 Å². The Morgan fingerprint density at radius 1 is 1.25 bits per heavy atom. The van der Waals surface area contributed by atoms with E-state index in [2.05, 4.69) is 11.4 Å². The van der Waals surface area contributed by atoms with E-state index in [4.69, 9.17) is 0 Å². The quantitative estimate of drug-likeness (QED) is 0.877. The molecule has 0 bridgehead atoms. The molecule has 0 radical (unpaired) electrons. The molecule has 5 heteroatoms. The minimum Gasteiger partial charge on any atom is -0.350 e. The normalized spacial score (nSPS) is 20.4. The third-order valence-electron chi connectivity index (χ3n) is 4.67. The van der Waals surface area contributed by atoms with Gasteiger partial charge in [-0.3, -0.25) is 9.59 Å². The molecule has 1 atom stereocenters. The number of hydrogen-bond donors (Lipinski definition) is 1. The number of thiophene rings is 1. The zero-order valence-corrected chi connectivity index (χ0v) is 14.6. The van der Waals surface area contributed by atoms with Gasteiger partial charge in [0.2, 0.25) is 11.8 Å². The molecule has 1 aliphatic heterocycles. The van der Waals surface area contributed by atoms with Crippen molar-refractivity contribution >= 4 is 23.2 Å². The SMILES string of the molecule is CC1(C(=O)NCc2ccccc2)CCC(=O)N1CCc1cccs1. The molecule has 126 valence electrons. The molecule has 1 fully saturated rings. The second-order valence-electron chi connectivity index (χ2n) is 6.32. The van der Waals surface area contributed by atoms with Crippen LogP contribution in [-0.4, -0.2) is 28.8 Å². The summed E-state index contributed by atoms with van der Waals surface area (Å²) in [6.07, 6.45) is 1.82. The van der Waals surface area contributed by atoms with Crippen LogP contribution in [0.2, 0.25) is 0 Å². The first kappa shape index (κ1) is 16.7. The Bertz CT molecular complexity index is 699. The zero-order chi connectivity index (χ0) is 17.0. The lowest BCUT2D eigenvalue weighted by Crippen LogP contribution is -2.54. The van der Waals surface area contributed by atoms with E-state index < -0.39 is 5.54 Å². The zero-order valence-electron chi connectivity index (χ0n) is 13.8. The summed E-state index contributed by atoms with van der Waals surface area (Å²) in [5, 5.41) is 5.03. The summed E-state index contributed by atoms with van der Waals surface area (Å²) in [5.41, 5.74) is 0.312. The van der Waals surface area contributed by atoms with Crippen LogP contribution in [0.15, 0.2) is 47.8 Å². The highest BCUT2D eigenvalue weighted by Gasteiger charge is 2.46. The predicted octanol–water partition coefficient (Wildman–Crippen LogP) is 2.99. The van der Waals surface area contributed by atoms with E-state index >= 15 is 0 Å². The lowest BCUT2D eigenvalue weighted by molar-refractivity contribution is -0.140. The van der Waals surface area contributed by atoms with Crippen molar-refractivity contribution in [2.45, 2.75) is 38.3 Å². The standard InChI is InChI=1S/C19H22N2O2S/c1-19(18(23)20-14-15-6-3-2-4-7-15)11-9-17(22)21(19)12-10-16-8-5-13-24-16/h2-8,13H,9-12,14H2,1H3,(H,20,23). The van der Waals surface area contributed by atoms with Gasteiger partial charge in [-0.25, -0.2) is 0 Å². The van der Waals surface area contributed by atoms with E-state index in [9.17, 15) is 9.59 Å². The van der Waals surface area contributed by atoms with Crippen molar-refractivity contribution in [3.63, 3.8) is 0 Å². The number of carbonyl (C=O) groups excluding carboxylic acids is 2. The third kappa shape index (κ3) is 3.51. The van der Waals surface area contributed by atoms with Crippen LogP contribution in [0.3, 0.4) is 0 Å². The van der Waals surface area contributed by atoms with Crippen molar-refractivity contribution in [3.05, 3.63) is 58.3 Å². The minimum absolute atomic E-state index is 0.0663. The second kappa shape index (κ2) is 7.18. The van der Waals surface area contributed by atoms with Crippen molar-refractivity contribution in [3.8, 4) is 0 Å². The lowest BCUT2D eigenvalue weighted by atomic mass is 9.97. The van der Waals surface area contributed by atoms with Crippen molar-refractivity contribution in [1.82, 2.24) is 10.2 Å². The maximum atomic E-state index is 12.8. The average Bonchev–Trinajstić information content (AvgIpc) is 3.21. The topological polar surface area (TPSA) is 49.4 Å². The maximum Gasteiger partial charge on any atom is 0.245 e. The van der Waals surface area contributed by atoms with Gasteiger partial charge in [-0.1, -0.05) is 36.4 Å². The van der Waals surface area contributed by atoms with Gasteiger partial charge in [-0.15, -0.1) is 11.3 Å². The summed E-state index contributed by atoms with van der Waals surface area (Å²) in [6, 6.07) is 13.9. The highest BCUT2D eigenvalue weighted by Crippen LogP contribution is 2.30. The molecule has 1 saturated heterocycles. The van der Waals surface area contributed by atoms with E-state index in [0.29, 0.717) is 25.9 Å². The van der Waals surface area contributed by atoms with Gasteiger partial charge >= 0.3 is 0 Å². The first-order chi connectivity index (χ1) is 11.6. The number of amides is 2. The van der Waals surface area contributed by atoms with E-state index in [0.717, 1.165) is 12.0 Å². The maximum absolute atomic E-state index is 12.8. The Labute approximate surface area is 146 Å². The molecule has 0 saturated carbocycles. The Kier molecular flexibility index (Phi) is 5.00. The Balaban J connectivity index is 1.64. The summed E-state index contributed by atoms with van der Waals surface area (Å²) >= 11 is 1.69. The van der Waals surface area contributed by atoms with Crippen LogP contribution >= 0.6 is 11.3 Å². The van der Waals surface area contributed by atoms with Crippen molar-refractivity contribution < 1.29 is 9.59 Å². The predicted molar refractivity (Wildman–Crippen MR) is 95.7 cm³/mol. The summed E-state index contributed by atoms with van der Waals surface area (Å²) < 4.78 is 0. The first-order valence-electron chi connectivity index (χ1n) is 8.25. The van der Waals surface area contributed by atoms with Crippen LogP contribution < -0.4 is 5.32 Å². The van der Waals surface area contributed by atoms with Gasteiger partial charge in [-0.2, -0.15) is 0 Å². The third-order valence-corrected chi connectivity index (χ3v) is 5.61. The molecule has 1 N–H and O–H groups in total. The van der Waals surface area contributed by atoms with Crippen LogP contribution in [-0.2, 0) is 22.6 Å². The average molecular weight is 342 g/mol. The number of rotatable bonds is 6. The molecule has 2 amide bonds. The van der Waals surface area contributed by atoms with Gasteiger partial charge in [0.25, 0.3) is 0 Å². The van der Waals surface area contributed by atoms with Gasteiger partial charge in [0, 0.05) is 24.4 Å². The Morgan fingerprint density at radius 2 is 2.04 bits per heavy atom. The molecule has 2 aromatic rings. The van der Waals surface area contributed by atoms with Gasteiger partial charge in [0.15, 0.2) is 0 Å². The number of carbonyl (C=O) groups is 2. The molecular formula is C19H22N2O2S. The van der Waals surface area contributed by atoms with Gasteiger partial charge in [-0.05, 0) is 36.8 Å². The Morgan fingerprint density at radius 3 is 2.75 bits per heavy atom. The molecule has 2 heterocycles. The molecule has 1 aromatic carbocycles. The Hall–Kier alpha value is -2.14. The van der Waals surface area contributed by atoms with Crippen LogP contribution in [0.5, 0.6) is 0 Å². The molecule has 0 aliphatic carbocycles. The fourth-order valence-electron chi connectivity index (χ4n) is 3.15. The van der Waals surface area contributed by atoms with Gasteiger partial charge in [0.1, 0.15) is 5.54 Å². The summed E-state index contributed by atoms with van der Waals surface area (Å²) in [7, 11) is 0. The largest absolute Gasteiger partial charge is 0.350 e. The highest BCUT2D eigenvalue weighted by molar-refractivity contribution is 7.09. The van der Waals surface area contributed by atoms with Crippen LogP contribution in [0.4, 0.5) is 0 Å². The van der Waals surface area contributed by atoms with E-state index in [1.165, 1.54) is 4.88 Å². The number of nitrogens with one attached hydrogen (secondary N) is 1. The highest BCUT2D eigenvalue weighted by atomic mass is 32.1. The fraction of sp³-hybridized carbons (Fsp3) is 0.368. The molecular weight excluding hydrogens is 320 g/mol. The molecule has 4 nitrogen and oxygen atoms in total. The number of nitrogens with zero attached hydrogens (tertiary/aromatic N) is 1. The van der Waals surface area contributed by atoms with Crippen LogP contribution in [0.25, 0.3) is 0 Å². The fourth-order valence-corrected chi connectivity index (χ4v) is 3.85. The van der Waals surface area contributed by atoms with E-state index in [1.54, 1.807) is 16.2 Å². The van der Waals surface area contributed by atoms with Gasteiger partial charge < -0.3 is 10.2 Å². The number of likely N-dealkylation sites (tertiary alicyclic amines) is 1. The lowest BCUT2D eigenvalue weighted by Gasteiger charge is -2.34. The van der Waals surface area contributed by atoms with E-state index in [1.807, 2.05) is 48.7 Å². The summed E-state index contributed by atoms with van der Waals surface area (Å²) in [6.45, 7) is 2.96. The molecule has 1 unspecified atom stereocenters. The molecule has 1 aromatic heterocycles. The number of benzene rings is 1. The number of hydrogen-bond acceptors (Lipinski definition) is 3. The molecule has 1 aliphatic rings. The first-order valence-corrected chi connectivity index (χ1v) is 9.12. The van der Waals surface area contributed by atoms with Crippen molar-refractivity contribution in [1.29, 1.82) is 0 Å². The van der Waals surface area contributed by atoms with E-state index in [-0.39, 0.29) is 11.8 Å². The van der Waals surface area contributed by atoms with Crippen molar-refractivity contribution in [2.75, 3.05) is 6.54 Å². The molecule has 0 spiro atoms. The summed E-state index contributed by atoms with van der Waals surface area (Å²) in [4.78, 5) is 28.0. The van der Waals surface area contributed by atoms with Gasteiger partial charge in [0.05, 0.1) is 0 Å².